The van der Waals surface area contributed by atoms with Gasteiger partial charge in [-0.1, -0.05) is 30.3 Å². The summed E-state index contributed by atoms with van der Waals surface area (Å²) < 4.78 is 39.4. The molecular weight excluding hydrogens is 353 g/mol. The number of nitrogens with zero attached hydrogens (tertiary/aromatic N) is 2. The number of hydrogen-bond donors (Lipinski definition) is 0. The number of halogens is 3. The van der Waals surface area contributed by atoms with Crippen LogP contribution in [0.5, 0.6) is 0 Å². The van der Waals surface area contributed by atoms with E-state index in [4.69, 9.17) is 0 Å². The molecule has 0 spiro atoms. The number of alkyl halides is 3. The van der Waals surface area contributed by atoms with Crippen LogP contribution in [0.2, 0.25) is 0 Å². The maximum Gasteiger partial charge on any atom is 0.416 e. The predicted octanol–water partition coefficient (Wildman–Crippen LogP) is 4.57. The van der Waals surface area contributed by atoms with E-state index in [1.165, 1.54) is 12.1 Å². The lowest BCUT2D eigenvalue weighted by Gasteiger charge is -2.20. The first-order valence-electron chi connectivity index (χ1n) is 9.06. The minimum absolute atomic E-state index is 0.0477. The Labute approximate surface area is 157 Å². The smallest absolute Gasteiger partial charge is 0.339 e. The van der Waals surface area contributed by atoms with Gasteiger partial charge in [-0.3, -0.25) is 9.69 Å². The van der Waals surface area contributed by atoms with E-state index >= 15 is 0 Å². The Morgan fingerprint density at radius 3 is 2.26 bits per heavy atom. The van der Waals surface area contributed by atoms with E-state index in [0.29, 0.717) is 12.1 Å². The van der Waals surface area contributed by atoms with E-state index in [0.717, 1.165) is 37.6 Å². The number of likely N-dealkylation sites (tertiary alicyclic amines) is 1. The van der Waals surface area contributed by atoms with Crippen LogP contribution in [0.15, 0.2) is 48.5 Å². The summed E-state index contributed by atoms with van der Waals surface area (Å²) >= 11 is 0. The van der Waals surface area contributed by atoms with Crippen LogP contribution in [0, 0.1) is 0 Å². The quantitative estimate of drug-likeness (QED) is 0.763. The van der Waals surface area contributed by atoms with E-state index in [9.17, 15) is 18.0 Å². The number of amides is 1. The van der Waals surface area contributed by atoms with E-state index in [-0.39, 0.29) is 18.0 Å². The Kier molecular flexibility index (Phi) is 5.85. The van der Waals surface area contributed by atoms with E-state index < -0.39 is 11.7 Å². The van der Waals surface area contributed by atoms with Crippen molar-refractivity contribution >= 4 is 5.91 Å². The number of rotatable bonds is 5. The van der Waals surface area contributed by atoms with Crippen molar-refractivity contribution < 1.29 is 18.0 Å². The summed E-state index contributed by atoms with van der Waals surface area (Å²) in [4.78, 5) is 16.1. The van der Waals surface area contributed by atoms with Crippen LogP contribution >= 0.6 is 0 Å². The van der Waals surface area contributed by atoms with Crippen LogP contribution in [0.3, 0.4) is 0 Å². The number of benzene rings is 2. The minimum Gasteiger partial charge on any atom is -0.339 e. The Morgan fingerprint density at radius 2 is 1.63 bits per heavy atom. The minimum atomic E-state index is -4.35. The third kappa shape index (κ3) is 4.89. The van der Waals surface area contributed by atoms with Crippen LogP contribution < -0.4 is 0 Å². The summed E-state index contributed by atoms with van der Waals surface area (Å²) in [5.41, 5.74) is 1.28. The van der Waals surface area contributed by atoms with Crippen LogP contribution in [-0.4, -0.2) is 35.8 Å². The highest BCUT2D eigenvalue weighted by atomic mass is 19.4. The van der Waals surface area contributed by atoms with Crippen molar-refractivity contribution in [3.8, 4) is 0 Å². The van der Waals surface area contributed by atoms with E-state index in [1.54, 1.807) is 25.2 Å². The molecule has 27 heavy (non-hydrogen) atoms. The van der Waals surface area contributed by atoms with E-state index in [1.807, 2.05) is 21.9 Å². The van der Waals surface area contributed by atoms with Gasteiger partial charge in [0.25, 0.3) is 5.91 Å². The molecule has 1 amide bonds. The molecule has 0 bridgehead atoms. The molecule has 144 valence electrons. The second-order valence-corrected chi connectivity index (χ2v) is 7.02. The highest BCUT2D eigenvalue weighted by Gasteiger charge is 2.33. The molecule has 0 saturated carbocycles. The van der Waals surface area contributed by atoms with Gasteiger partial charge in [0.15, 0.2) is 0 Å². The Balaban J connectivity index is 1.63. The molecule has 0 atom stereocenters. The first kappa shape index (κ1) is 19.4. The molecule has 0 radical (unpaired) electrons. The van der Waals surface area contributed by atoms with Gasteiger partial charge in [-0.2, -0.15) is 13.2 Å². The molecule has 2 aromatic carbocycles. The molecule has 1 aliphatic heterocycles. The largest absolute Gasteiger partial charge is 0.416 e. The molecule has 3 rings (SSSR count). The third-order valence-corrected chi connectivity index (χ3v) is 4.81. The summed E-state index contributed by atoms with van der Waals surface area (Å²) in [7, 11) is 1.79. The second kappa shape index (κ2) is 8.13. The topological polar surface area (TPSA) is 23.6 Å². The van der Waals surface area contributed by atoms with Crippen molar-refractivity contribution in [3.05, 3.63) is 70.8 Å². The summed E-state index contributed by atoms with van der Waals surface area (Å²) in [5.74, 6) is 0.0477. The molecule has 1 fully saturated rings. The summed E-state index contributed by atoms with van der Waals surface area (Å²) in [6.45, 7) is 2.32. The van der Waals surface area contributed by atoms with Crippen molar-refractivity contribution in [3.63, 3.8) is 0 Å². The molecule has 1 aliphatic rings. The molecule has 1 saturated heterocycles. The number of hydrogen-bond acceptors (Lipinski definition) is 2. The molecule has 2 aromatic rings. The van der Waals surface area contributed by atoms with Crippen LogP contribution in [-0.2, 0) is 19.3 Å². The Bertz CT molecular complexity index is 781. The SMILES string of the molecule is CN(Cc1ccc(C(=O)N2CCCC2)cc1)Cc1ccccc1C(F)(F)F. The van der Waals surface area contributed by atoms with Crippen molar-refractivity contribution in [2.45, 2.75) is 32.1 Å². The average Bonchev–Trinajstić information content (AvgIpc) is 3.16. The first-order chi connectivity index (χ1) is 12.8. The van der Waals surface area contributed by atoms with Crippen LogP contribution in [0.1, 0.15) is 39.9 Å². The summed E-state index contributed by atoms with van der Waals surface area (Å²) in [5, 5.41) is 0. The molecular formula is C21H23F3N2O. The van der Waals surface area contributed by atoms with Crippen molar-refractivity contribution in [2.75, 3.05) is 20.1 Å². The van der Waals surface area contributed by atoms with Gasteiger partial charge in [-0.05, 0) is 49.2 Å². The molecule has 6 heteroatoms. The van der Waals surface area contributed by atoms with Crippen LogP contribution in [0.25, 0.3) is 0 Å². The van der Waals surface area contributed by atoms with Gasteiger partial charge in [-0.15, -0.1) is 0 Å². The standard InChI is InChI=1S/C21H23F3N2O/c1-25(15-18-6-2-3-7-19(18)21(22,23)24)14-16-8-10-17(11-9-16)20(27)26-12-4-5-13-26/h2-3,6-11H,4-5,12-15H2,1H3. The lowest BCUT2D eigenvalue weighted by molar-refractivity contribution is -0.138. The van der Waals surface area contributed by atoms with Gasteiger partial charge in [0.05, 0.1) is 5.56 Å². The fraction of sp³-hybridized carbons (Fsp3) is 0.381. The molecule has 1 heterocycles. The third-order valence-electron chi connectivity index (χ3n) is 4.81. The fourth-order valence-corrected chi connectivity index (χ4v) is 3.45. The molecule has 0 aliphatic carbocycles. The molecule has 0 unspecified atom stereocenters. The maximum atomic E-state index is 13.1. The van der Waals surface area contributed by atoms with Crippen molar-refractivity contribution in [1.82, 2.24) is 9.80 Å². The van der Waals surface area contributed by atoms with E-state index in [2.05, 4.69) is 0 Å². The zero-order valence-corrected chi connectivity index (χ0v) is 15.3. The maximum absolute atomic E-state index is 13.1. The molecule has 0 N–H and O–H groups in total. The Morgan fingerprint density at radius 1 is 1.00 bits per heavy atom. The van der Waals surface area contributed by atoms with Gasteiger partial charge in [0, 0.05) is 31.7 Å². The van der Waals surface area contributed by atoms with Gasteiger partial charge >= 0.3 is 6.18 Å². The normalized spacial score (nSPS) is 14.8. The lowest BCUT2D eigenvalue weighted by Crippen LogP contribution is -2.27. The monoisotopic (exact) mass is 376 g/mol. The fourth-order valence-electron chi connectivity index (χ4n) is 3.45. The van der Waals surface area contributed by atoms with Crippen molar-refractivity contribution in [2.24, 2.45) is 0 Å². The summed E-state index contributed by atoms with van der Waals surface area (Å²) in [6.07, 6.45) is -2.25. The molecule has 3 nitrogen and oxygen atoms in total. The zero-order valence-electron chi connectivity index (χ0n) is 15.3. The van der Waals surface area contributed by atoms with Gasteiger partial charge in [-0.25, -0.2) is 0 Å². The van der Waals surface area contributed by atoms with Crippen molar-refractivity contribution in [1.29, 1.82) is 0 Å². The van der Waals surface area contributed by atoms with Gasteiger partial charge in [0.1, 0.15) is 0 Å². The van der Waals surface area contributed by atoms with Gasteiger partial charge in [0.2, 0.25) is 0 Å². The predicted molar refractivity (Wildman–Crippen MR) is 98.2 cm³/mol. The zero-order chi connectivity index (χ0) is 19.4. The van der Waals surface area contributed by atoms with Crippen LogP contribution in [0.4, 0.5) is 13.2 Å². The highest BCUT2D eigenvalue weighted by Crippen LogP contribution is 2.32. The van der Waals surface area contributed by atoms with Gasteiger partial charge < -0.3 is 4.90 Å². The highest BCUT2D eigenvalue weighted by molar-refractivity contribution is 5.94. The number of carbonyl (C=O) groups excluding carboxylic acids is 1. The number of carbonyl (C=O) groups is 1. The first-order valence-corrected chi connectivity index (χ1v) is 9.06. The Hall–Kier alpha value is -2.34. The molecule has 0 aromatic heterocycles. The lowest BCUT2D eigenvalue weighted by atomic mass is 10.1. The summed E-state index contributed by atoms with van der Waals surface area (Å²) in [6, 6.07) is 13.0. The second-order valence-electron chi connectivity index (χ2n) is 7.02. The average molecular weight is 376 g/mol.